The van der Waals surface area contributed by atoms with E-state index < -0.39 is 0 Å². The molecule has 2 heterocycles. The van der Waals surface area contributed by atoms with Gasteiger partial charge in [0.05, 0.1) is 12.4 Å². The molecule has 2 aromatic heterocycles. The van der Waals surface area contributed by atoms with Crippen LogP contribution in [0.2, 0.25) is 0 Å². The number of hydrogen-bond donors (Lipinski definition) is 1. The molecule has 0 unspecified atom stereocenters. The Labute approximate surface area is 87.5 Å². The summed E-state index contributed by atoms with van der Waals surface area (Å²) in [4.78, 5) is 4.10. The smallest absolute Gasteiger partial charge is 0.221 e. The van der Waals surface area contributed by atoms with E-state index in [-0.39, 0.29) is 0 Å². The summed E-state index contributed by atoms with van der Waals surface area (Å²) in [5.41, 5.74) is 7.35. The van der Waals surface area contributed by atoms with Crippen LogP contribution in [0.25, 0.3) is 0 Å². The van der Waals surface area contributed by atoms with Crippen LogP contribution in [-0.4, -0.2) is 14.8 Å². The van der Waals surface area contributed by atoms with Gasteiger partial charge in [0, 0.05) is 25.0 Å². The first-order valence-corrected chi connectivity index (χ1v) is 4.54. The molecule has 0 saturated heterocycles. The Balaban J connectivity index is 2.21. The number of rotatable bonds is 2. The second kappa shape index (κ2) is 3.61. The number of hydrogen-bond acceptors (Lipinski definition) is 4. The third-order valence-corrected chi connectivity index (χ3v) is 2.02. The van der Waals surface area contributed by atoms with Crippen LogP contribution in [0.15, 0.2) is 24.7 Å². The molecule has 78 valence electrons. The highest BCUT2D eigenvalue weighted by molar-refractivity contribution is 5.47. The Hall–Kier alpha value is -2.04. The second-order valence-electron chi connectivity index (χ2n) is 3.33. The Kier molecular flexibility index (Phi) is 2.29. The Morgan fingerprint density at radius 3 is 2.80 bits per heavy atom. The molecule has 0 amide bonds. The molecular weight excluding hydrogens is 192 g/mol. The van der Waals surface area contributed by atoms with E-state index in [9.17, 15) is 0 Å². The first kappa shape index (κ1) is 9.51. The van der Waals surface area contributed by atoms with Gasteiger partial charge < -0.3 is 10.5 Å². The largest absolute Gasteiger partial charge is 0.436 e. The van der Waals surface area contributed by atoms with Crippen LogP contribution < -0.4 is 10.5 Å². The first-order chi connectivity index (χ1) is 7.15. The van der Waals surface area contributed by atoms with Gasteiger partial charge in [-0.05, 0) is 12.5 Å². The van der Waals surface area contributed by atoms with Gasteiger partial charge in [0.2, 0.25) is 5.88 Å². The predicted molar refractivity (Wildman–Crippen MR) is 56.7 cm³/mol. The molecule has 2 aromatic rings. The maximum Gasteiger partial charge on any atom is 0.221 e. The lowest BCUT2D eigenvalue weighted by molar-refractivity contribution is 0.462. The normalized spacial score (nSPS) is 10.3. The number of anilines is 1. The third kappa shape index (κ3) is 2.07. The predicted octanol–water partition coefficient (Wildman–Crippen LogP) is 1.50. The molecule has 0 aliphatic carbocycles. The summed E-state index contributed by atoms with van der Waals surface area (Å²) < 4.78 is 7.12. The SMILES string of the molecule is Cc1cnc(Oc2cnn(C)c2)cc1N. The molecule has 0 aromatic carbocycles. The number of pyridine rings is 1. The highest BCUT2D eigenvalue weighted by Crippen LogP contribution is 2.21. The van der Waals surface area contributed by atoms with Crippen molar-refractivity contribution in [1.82, 2.24) is 14.8 Å². The zero-order chi connectivity index (χ0) is 10.8. The Bertz CT molecular complexity index is 478. The van der Waals surface area contributed by atoms with E-state index in [0.717, 1.165) is 5.56 Å². The summed E-state index contributed by atoms with van der Waals surface area (Å²) >= 11 is 0. The van der Waals surface area contributed by atoms with Crippen LogP contribution in [0.4, 0.5) is 5.69 Å². The molecule has 5 heteroatoms. The van der Waals surface area contributed by atoms with Crippen molar-refractivity contribution in [3.05, 3.63) is 30.2 Å². The fourth-order valence-electron chi connectivity index (χ4n) is 1.15. The molecule has 0 aliphatic heterocycles. The first-order valence-electron chi connectivity index (χ1n) is 4.54. The van der Waals surface area contributed by atoms with Gasteiger partial charge in [-0.3, -0.25) is 4.68 Å². The summed E-state index contributed by atoms with van der Waals surface area (Å²) in [5.74, 6) is 1.12. The summed E-state index contributed by atoms with van der Waals surface area (Å²) in [6.45, 7) is 1.90. The van der Waals surface area contributed by atoms with Gasteiger partial charge >= 0.3 is 0 Å². The molecule has 0 spiro atoms. The van der Waals surface area contributed by atoms with Crippen molar-refractivity contribution in [1.29, 1.82) is 0 Å². The molecular formula is C10H12N4O. The van der Waals surface area contributed by atoms with E-state index >= 15 is 0 Å². The van der Waals surface area contributed by atoms with Gasteiger partial charge in [0.15, 0.2) is 5.75 Å². The summed E-state index contributed by atoms with van der Waals surface area (Å²) in [6.07, 6.45) is 5.07. The second-order valence-corrected chi connectivity index (χ2v) is 3.33. The van der Waals surface area contributed by atoms with Crippen molar-refractivity contribution in [3.8, 4) is 11.6 Å². The molecule has 0 saturated carbocycles. The van der Waals surface area contributed by atoms with Crippen molar-refractivity contribution in [2.75, 3.05) is 5.73 Å². The Morgan fingerprint density at radius 2 is 2.20 bits per heavy atom. The lowest BCUT2D eigenvalue weighted by Gasteiger charge is -2.03. The van der Waals surface area contributed by atoms with Crippen LogP contribution in [0, 0.1) is 6.92 Å². The summed E-state index contributed by atoms with van der Waals surface area (Å²) in [6, 6.07) is 1.70. The van der Waals surface area contributed by atoms with Crippen molar-refractivity contribution >= 4 is 5.69 Å². The standard InChI is InChI=1S/C10H12N4O/c1-7-4-12-10(3-9(7)11)15-8-5-13-14(2)6-8/h3-6H,1-2H3,(H2,11,12). The van der Waals surface area contributed by atoms with Gasteiger partial charge in [0.25, 0.3) is 0 Å². The van der Waals surface area contributed by atoms with Crippen molar-refractivity contribution in [2.45, 2.75) is 6.92 Å². The molecule has 15 heavy (non-hydrogen) atoms. The molecule has 0 bridgehead atoms. The highest BCUT2D eigenvalue weighted by Gasteiger charge is 2.02. The minimum absolute atomic E-state index is 0.478. The van der Waals surface area contributed by atoms with Gasteiger partial charge in [-0.2, -0.15) is 5.10 Å². The summed E-state index contributed by atoms with van der Waals surface area (Å²) in [7, 11) is 1.82. The van der Waals surface area contributed by atoms with Gasteiger partial charge in [0.1, 0.15) is 0 Å². The lowest BCUT2D eigenvalue weighted by Crippen LogP contribution is -1.93. The van der Waals surface area contributed by atoms with Crippen molar-refractivity contribution in [2.24, 2.45) is 7.05 Å². The van der Waals surface area contributed by atoms with Crippen molar-refractivity contribution < 1.29 is 4.74 Å². The minimum Gasteiger partial charge on any atom is -0.436 e. The van der Waals surface area contributed by atoms with E-state index in [1.807, 2.05) is 14.0 Å². The lowest BCUT2D eigenvalue weighted by atomic mass is 10.3. The van der Waals surface area contributed by atoms with E-state index in [1.54, 1.807) is 29.3 Å². The van der Waals surface area contributed by atoms with Crippen LogP contribution >= 0.6 is 0 Å². The molecule has 0 atom stereocenters. The van der Waals surface area contributed by atoms with Gasteiger partial charge in [-0.25, -0.2) is 4.98 Å². The number of aryl methyl sites for hydroxylation is 2. The molecule has 2 N–H and O–H groups in total. The fraction of sp³-hybridized carbons (Fsp3) is 0.200. The molecule has 0 fully saturated rings. The van der Waals surface area contributed by atoms with E-state index in [1.165, 1.54) is 0 Å². The molecule has 0 aliphatic rings. The van der Waals surface area contributed by atoms with Crippen LogP contribution in [0.5, 0.6) is 11.6 Å². The van der Waals surface area contributed by atoms with Gasteiger partial charge in [-0.15, -0.1) is 0 Å². The maximum absolute atomic E-state index is 5.74. The third-order valence-electron chi connectivity index (χ3n) is 2.02. The van der Waals surface area contributed by atoms with Crippen LogP contribution in [0.3, 0.4) is 0 Å². The number of ether oxygens (including phenoxy) is 1. The van der Waals surface area contributed by atoms with Crippen LogP contribution in [-0.2, 0) is 7.05 Å². The highest BCUT2D eigenvalue weighted by atomic mass is 16.5. The van der Waals surface area contributed by atoms with Crippen LogP contribution in [0.1, 0.15) is 5.56 Å². The molecule has 5 nitrogen and oxygen atoms in total. The van der Waals surface area contributed by atoms with Gasteiger partial charge in [-0.1, -0.05) is 0 Å². The topological polar surface area (TPSA) is 66.0 Å². The summed E-state index contributed by atoms with van der Waals surface area (Å²) in [5, 5.41) is 3.99. The zero-order valence-corrected chi connectivity index (χ0v) is 8.64. The quantitative estimate of drug-likeness (QED) is 0.805. The fourth-order valence-corrected chi connectivity index (χ4v) is 1.15. The Morgan fingerprint density at radius 1 is 1.40 bits per heavy atom. The van der Waals surface area contributed by atoms with Crippen molar-refractivity contribution in [3.63, 3.8) is 0 Å². The van der Waals surface area contributed by atoms with E-state index in [2.05, 4.69) is 10.1 Å². The number of nitrogens with zero attached hydrogens (tertiary/aromatic N) is 3. The maximum atomic E-state index is 5.74. The number of aromatic nitrogens is 3. The van der Waals surface area contributed by atoms with E-state index in [4.69, 9.17) is 10.5 Å². The molecule has 2 rings (SSSR count). The molecule has 0 radical (unpaired) electrons. The monoisotopic (exact) mass is 204 g/mol. The average Bonchev–Trinajstić information content (AvgIpc) is 2.58. The zero-order valence-electron chi connectivity index (χ0n) is 8.64. The minimum atomic E-state index is 0.478. The van der Waals surface area contributed by atoms with E-state index in [0.29, 0.717) is 17.3 Å². The average molecular weight is 204 g/mol. The number of nitrogens with two attached hydrogens (primary N) is 1. The number of nitrogen functional groups attached to an aromatic ring is 1.